The minimum absolute atomic E-state index is 0.252. The lowest BCUT2D eigenvalue weighted by molar-refractivity contribution is 0.0946. The van der Waals surface area contributed by atoms with E-state index in [0.29, 0.717) is 29.6 Å². The topological polar surface area (TPSA) is 110 Å². The summed E-state index contributed by atoms with van der Waals surface area (Å²) in [6.45, 7) is 2.09. The first-order valence-corrected chi connectivity index (χ1v) is 6.19. The number of carbonyl (C=O) groups excluding carboxylic acids is 1. The van der Waals surface area contributed by atoms with Crippen molar-refractivity contribution in [3.8, 4) is 0 Å². The van der Waals surface area contributed by atoms with E-state index >= 15 is 0 Å². The third-order valence-electron chi connectivity index (χ3n) is 3.14. The summed E-state index contributed by atoms with van der Waals surface area (Å²) in [5, 5.41) is 13.4. The number of anilines is 1. The smallest absolute Gasteiger partial charge is 0.274 e. The Balaban J connectivity index is 1.66. The van der Waals surface area contributed by atoms with Gasteiger partial charge in [-0.2, -0.15) is 5.10 Å². The van der Waals surface area contributed by atoms with Crippen LogP contribution in [0.3, 0.4) is 0 Å². The molecule has 1 amide bonds. The van der Waals surface area contributed by atoms with Crippen molar-refractivity contribution < 1.29 is 9.32 Å². The van der Waals surface area contributed by atoms with Crippen LogP contribution in [-0.4, -0.2) is 21.3 Å². The van der Waals surface area contributed by atoms with E-state index in [1.165, 1.54) is 0 Å². The van der Waals surface area contributed by atoms with Gasteiger partial charge < -0.3 is 15.6 Å². The van der Waals surface area contributed by atoms with Crippen molar-refractivity contribution in [2.45, 2.75) is 32.2 Å². The minimum Gasteiger partial charge on any atom is -0.395 e. The van der Waals surface area contributed by atoms with Gasteiger partial charge in [0.1, 0.15) is 11.5 Å². The molecule has 0 spiro atoms. The van der Waals surface area contributed by atoms with Crippen LogP contribution in [0.1, 0.15) is 46.4 Å². The second-order valence-electron chi connectivity index (χ2n) is 4.79. The van der Waals surface area contributed by atoms with E-state index in [1.807, 2.05) is 0 Å². The summed E-state index contributed by atoms with van der Waals surface area (Å²) >= 11 is 0. The van der Waals surface area contributed by atoms with Crippen LogP contribution in [0.4, 0.5) is 5.69 Å². The van der Waals surface area contributed by atoms with E-state index in [9.17, 15) is 4.79 Å². The summed E-state index contributed by atoms with van der Waals surface area (Å²) in [6, 6.07) is 1.77. The van der Waals surface area contributed by atoms with Crippen LogP contribution in [0.2, 0.25) is 0 Å². The van der Waals surface area contributed by atoms with Gasteiger partial charge in [0.2, 0.25) is 0 Å². The number of nitrogen functional groups attached to an aromatic ring is 1. The lowest BCUT2D eigenvalue weighted by atomic mass is 10.2. The Morgan fingerprint density at radius 1 is 1.63 bits per heavy atom. The average Bonchev–Trinajstić information content (AvgIpc) is 3.03. The van der Waals surface area contributed by atoms with Gasteiger partial charge in [0.05, 0.1) is 17.9 Å². The largest absolute Gasteiger partial charge is 0.395 e. The van der Waals surface area contributed by atoms with E-state index in [-0.39, 0.29) is 11.6 Å². The first-order valence-electron chi connectivity index (χ1n) is 6.19. The summed E-state index contributed by atoms with van der Waals surface area (Å²) < 4.78 is 4.92. The van der Waals surface area contributed by atoms with Gasteiger partial charge in [-0.3, -0.25) is 9.89 Å². The Hall–Kier alpha value is -2.31. The normalized spacial score (nSPS) is 14.6. The maximum Gasteiger partial charge on any atom is 0.274 e. The molecule has 0 aliphatic heterocycles. The molecule has 0 unspecified atom stereocenters. The molecule has 1 aliphatic rings. The molecule has 0 bridgehead atoms. The minimum atomic E-state index is -0.304. The third kappa shape index (κ3) is 2.31. The zero-order chi connectivity index (χ0) is 13.4. The zero-order valence-corrected chi connectivity index (χ0v) is 10.6. The standard InChI is InChI=1S/C12H15N5O2/c1-6-4-8(17-19-6)5-14-12(18)11-9(13)10(15-16-11)7-2-3-7/h4,7H,2-3,5,13H2,1H3,(H,14,18)(H,15,16). The van der Waals surface area contributed by atoms with E-state index in [0.717, 1.165) is 18.5 Å². The van der Waals surface area contributed by atoms with Crippen molar-refractivity contribution >= 4 is 11.6 Å². The number of amides is 1. The SMILES string of the molecule is Cc1cc(CNC(=O)c2n[nH]c(C3CC3)c2N)no1. The number of nitrogens with one attached hydrogen (secondary N) is 2. The average molecular weight is 261 g/mol. The maximum absolute atomic E-state index is 12.0. The summed E-state index contributed by atoms with van der Waals surface area (Å²) in [5.41, 5.74) is 8.18. The molecule has 1 aliphatic carbocycles. The molecule has 0 saturated heterocycles. The number of nitrogens with two attached hydrogens (primary N) is 1. The molecule has 0 aromatic carbocycles. The molecule has 1 saturated carbocycles. The van der Waals surface area contributed by atoms with Crippen LogP contribution in [0, 0.1) is 6.92 Å². The Kier molecular flexibility index (Phi) is 2.73. The number of H-pyrrole nitrogens is 1. The van der Waals surface area contributed by atoms with E-state index < -0.39 is 0 Å². The van der Waals surface area contributed by atoms with Gasteiger partial charge >= 0.3 is 0 Å². The lowest BCUT2D eigenvalue weighted by Gasteiger charge is -2.01. The molecular formula is C12H15N5O2. The first-order chi connectivity index (χ1) is 9.15. The van der Waals surface area contributed by atoms with Gasteiger partial charge in [-0.25, -0.2) is 0 Å². The lowest BCUT2D eigenvalue weighted by Crippen LogP contribution is -2.24. The highest BCUT2D eigenvalue weighted by Crippen LogP contribution is 2.42. The van der Waals surface area contributed by atoms with Crippen LogP contribution < -0.4 is 11.1 Å². The fraction of sp³-hybridized carbons (Fsp3) is 0.417. The Morgan fingerprint density at radius 2 is 2.42 bits per heavy atom. The van der Waals surface area contributed by atoms with Crippen LogP contribution in [0.5, 0.6) is 0 Å². The van der Waals surface area contributed by atoms with Crippen molar-refractivity contribution in [3.05, 3.63) is 28.9 Å². The second kappa shape index (κ2) is 4.42. The molecule has 2 heterocycles. The molecule has 0 atom stereocenters. The van der Waals surface area contributed by atoms with E-state index in [1.54, 1.807) is 13.0 Å². The molecule has 1 fully saturated rings. The number of aromatic nitrogens is 3. The van der Waals surface area contributed by atoms with Gasteiger partial charge in [-0.05, 0) is 19.8 Å². The van der Waals surface area contributed by atoms with Crippen molar-refractivity contribution in [3.63, 3.8) is 0 Å². The maximum atomic E-state index is 12.0. The predicted molar refractivity (Wildman–Crippen MR) is 67.4 cm³/mol. The van der Waals surface area contributed by atoms with Crippen LogP contribution in [0.15, 0.2) is 10.6 Å². The molecule has 7 heteroatoms. The molecule has 100 valence electrons. The molecule has 0 radical (unpaired) electrons. The van der Waals surface area contributed by atoms with Crippen molar-refractivity contribution in [2.75, 3.05) is 5.73 Å². The van der Waals surface area contributed by atoms with Gasteiger partial charge in [0, 0.05) is 12.0 Å². The second-order valence-corrected chi connectivity index (χ2v) is 4.79. The monoisotopic (exact) mass is 261 g/mol. The van der Waals surface area contributed by atoms with Gasteiger partial charge in [-0.15, -0.1) is 0 Å². The molecule has 2 aromatic heterocycles. The number of hydrogen-bond acceptors (Lipinski definition) is 5. The highest BCUT2D eigenvalue weighted by atomic mass is 16.5. The summed E-state index contributed by atoms with van der Waals surface area (Å²) in [5.74, 6) is 0.841. The third-order valence-corrected chi connectivity index (χ3v) is 3.14. The highest BCUT2D eigenvalue weighted by Gasteiger charge is 2.30. The van der Waals surface area contributed by atoms with Crippen molar-refractivity contribution in [2.24, 2.45) is 0 Å². The number of aromatic amines is 1. The summed E-state index contributed by atoms with van der Waals surface area (Å²) in [6.07, 6.45) is 2.21. The predicted octanol–water partition coefficient (Wildman–Crippen LogP) is 1.10. The fourth-order valence-electron chi connectivity index (χ4n) is 1.98. The number of rotatable bonds is 4. The molecule has 4 N–H and O–H groups in total. The van der Waals surface area contributed by atoms with Crippen LogP contribution in [0.25, 0.3) is 0 Å². The molecule has 2 aromatic rings. The van der Waals surface area contributed by atoms with Gasteiger partial charge in [0.25, 0.3) is 5.91 Å². The highest BCUT2D eigenvalue weighted by molar-refractivity contribution is 5.97. The zero-order valence-electron chi connectivity index (χ0n) is 10.6. The fourth-order valence-corrected chi connectivity index (χ4v) is 1.98. The van der Waals surface area contributed by atoms with Crippen LogP contribution in [-0.2, 0) is 6.54 Å². The number of nitrogens with zero attached hydrogens (tertiary/aromatic N) is 2. The van der Waals surface area contributed by atoms with Crippen LogP contribution >= 0.6 is 0 Å². The Bertz CT molecular complexity index is 611. The van der Waals surface area contributed by atoms with E-state index in [2.05, 4.69) is 20.7 Å². The number of carbonyl (C=O) groups is 1. The Labute approximate surface area is 109 Å². The Morgan fingerprint density at radius 3 is 3.05 bits per heavy atom. The summed E-state index contributed by atoms with van der Waals surface area (Å²) in [4.78, 5) is 12.0. The van der Waals surface area contributed by atoms with Gasteiger partial charge in [0.15, 0.2) is 5.69 Å². The van der Waals surface area contributed by atoms with Crippen molar-refractivity contribution in [1.29, 1.82) is 0 Å². The molecule has 19 heavy (non-hydrogen) atoms. The summed E-state index contributed by atoms with van der Waals surface area (Å²) in [7, 11) is 0. The van der Waals surface area contributed by atoms with E-state index in [4.69, 9.17) is 10.3 Å². The first kappa shape index (κ1) is 11.8. The number of hydrogen-bond donors (Lipinski definition) is 3. The number of aryl methyl sites for hydroxylation is 1. The quantitative estimate of drug-likeness (QED) is 0.763. The molecule has 7 nitrogen and oxygen atoms in total. The molecular weight excluding hydrogens is 246 g/mol. The van der Waals surface area contributed by atoms with Crippen molar-refractivity contribution in [1.82, 2.24) is 20.7 Å². The van der Waals surface area contributed by atoms with Gasteiger partial charge in [-0.1, -0.05) is 5.16 Å². The molecule has 3 rings (SSSR count).